The molecule has 0 bridgehead atoms. The predicted octanol–water partition coefficient (Wildman–Crippen LogP) is 3.86. The zero-order valence-corrected chi connectivity index (χ0v) is 12.4. The highest BCUT2D eigenvalue weighted by molar-refractivity contribution is 8.00. The molecule has 1 aromatic carbocycles. The number of amides is 1. The molecule has 5 nitrogen and oxygen atoms in total. The van der Waals surface area contributed by atoms with Gasteiger partial charge in [0.1, 0.15) is 0 Å². The number of benzene rings is 1. The van der Waals surface area contributed by atoms with Crippen LogP contribution in [0.4, 0.5) is 11.4 Å². The first-order chi connectivity index (χ1) is 9.56. The molecule has 1 saturated carbocycles. The molecule has 2 rings (SSSR count). The molecule has 1 fully saturated rings. The second-order valence-corrected chi connectivity index (χ2v) is 6.38. The van der Waals surface area contributed by atoms with E-state index in [1.54, 1.807) is 11.8 Å². The molecule has 1 aromatic rings. The maximum atomic E-state index is 11.8. The van der Waals surface area contributed by atoms with Crippen molar-refractivity contribution in [1.29, 1.82) is 0 Å². The Morgan fingerprint density at radius 1 is 1.45 bits per heavy atom. The molecule has 0 aromatic heterocycles. The highest BCUT2D eigenvalue weighted by Crippen LogP contribution is 2.30. The van der Waals surface area contributed by atoms with Gasteiger partial charge in [0.2, 0.25) is 5.91 Å². The molecule has 1 aliphatic carbocycles. The second kappa shape index (κ2) is 6.95. The first kappa shape index (κ1) is 15.1. The van der Waals surface area contributed by atoms with Gasteiger partial charge in [-0.25, -0.2) is 0 Å². The fraction of sp³-hybridized carbons (Fsp3) is 0.462. The Morgan fingerprint density at radius 3 is 2.75 bits per heavy atom. The molecular weight excluding hydrogens is 300 g/mol. The number of halogens is 1. The molecule has 20 heavy (non-hydrogen) atoms. The maximum Gasteiger partial charge on any atom is 0.271 e. The summed E-state index contributed by atoms with van der Waals surface area (Å²) in [5.41, 5.74) is 0.322. The van der Waals surface area contributed by atoms with E-state index in [2.05, 4.69) is 5.32 Å². The van der Waals surface area contributed by atoms with Crippen molar-refractivity contribution < 1.29 is 9.72 Å². The Kier molecular flexibility index (Phi) is 5.25. The summed E-state index contributed by atoms with van der Waals surface area (Å²) in [6.07, 6.45) is 4.84. The highest BCUT2D eigenvalue weighted by atomic mass is 35.5. The number of nitro groups is 1. The Labute approximate surface area is 126 Å². The van der Waals surface area contributed by atoms with Gasteiger partial charge in [0.25, 0.3) is 5.69 Å². The van der Waals surface area contributed by atoms with E-state index in [0.717, 1.165) is 0 Å². The normalized spacial score (nSPS) is 15.2. The van der Waals surface area contributed by atoms with E-state index in [1.807, 2.05) is 0 Å². The molecule has 0 radical (unpaired) electrons. The van der Waals surface area contributed by atoms with Crippen molar-refractivity contribution >= 4 is 40.6 Å². The van der Waals surface area contributed by atoms with Crippen LogP contribution in [0.25, 0.3) is 0 Å². The first-order valence-corrected chi connectivity index (χ1v) is 7.84. The minimum absolute atomic E-state index is 0.0895. The van der Waals surface area contributed by atoms with Crippen molar-refractivity contribution in [2.24, 2.45) is 0 Å². The molecule has 0 spiro atoms. The third kappa shape index (κ3) is 4.11. The van der Waals surface area contributed by atoms with Crippen LogP contribution in [0.15, 0.2) is 18.2 Å². The van der Waals surface area contributed by atoms with Crippen molar-refractivity contribution in [1.82, 2.24) is 0 Å². The number of hydrogen-bond donors (Lipinski definition) is 1. The van der Waals surface area contributed by atoms with Gasteiger partial charge in [0.05, 0.1) is 21.4 Å². The summed E-state index contributed by atoms with van der Waals surface area (Å²) < 4.78 is 0. The summed E-state index contributed by atoms with van der Waals surface area (Å²) >= 11 is 7.58. The summed E-state index contributed by atoms with van der Waals surface area (Å²) in [7, 11) is 0. The smallest absolute Gasteiger partial charge is 0.271 e. The van der Waals surface area contributed by atoms with Gasteiger partial charge in [-0.1, -0.05) is 24.4 Å². The van der Waals surface area contributed by atoms with Gasteiger partial charge >= 0.3 is 0 Å². The maximum absolute atomic E-state index is 11.8. The zero-order valence-electron chi connectivity index (χ0n) is 10.8. The van der Waals surface area contributed by atoms with Crippen LogP contribution in [0.2, 0.25) is 5.02 Å². The Bertz CT molecular complexity index is 518. The van der Waals surface area contributed by atoms with Gasteiger partial charge in [0, 0.05) is 17.4 Å². The number of carbonyl (C=O) groups excluding carboxylic acids is 1. The number of nitrogens with zero attached hydrogens (tertiary/aromatic N) is 1. The van der Waals surface area contributed by atoms with E-state index in [4.69, 9.17) is 11.6 Å². The molecule has 0 saturated heterocycles. The average molecular weight is 315 g/mol. The number of non-ortho nitro benzene ring substituents is 1. The SMILES string of the molecule is O=C(CSC1CCCC1)Nc1ccc([N+](=O)[O-])cc1Cl. The lowest BCUT2D eigenvalue weighted by atomic mass is 10.3. The summed E-state index contributed by atoms with van der Waals surface area (Å²) in [5, 5.41) is 14.0. The summed E-state index contributed by atoms with van der Waals surface area (Å²) in [4.78, 5) is 21.9. The Hall–Kier alpha value is -1.27. The van der Waals surface area contributed by atoms with Crippen molar-refractivity contribution in [3.05, 3.63) is 33.3 Å². The Balaban J connectivity index is 1.88. The summed E-state index contributed by atoms with van der Waals surface area (Å²) in [5.74, 6) is 0.260. The second-order valence-electron chi connectivity index (χ2n) is 4.69. The van der Waals surface area contributed by atoms with Gasteiger partial charge in [-0.3, -0.25) is 14.9 Å². The molecule has 0 heterocycles. The molecule has 0 unspecified atom stereocenters. The monoisotopic (exact) mass is 314 g/mol. The molecule has 1 aliphatic rings. The van der Waals surface area contributed by atoms with Crippen LogP contribution in [-0.2, 0) is 4.79 Å². The third-order valence-electron chi connectivity index (χ3n) is 3.19. The largest absolute Gasteiger partial charge is 0.324 e. The minimum atomic E-state index is -0.520. The molecule has 1 amide bonds. The van der Waals surface area contributed by atoms with Gasteiger partial charge in [-0.05, 0) is 18.9 Å². The fourth-order valence-corrected chi connectivity index (χ4v) is 3.50. The van der Waals surface area contributed by atoms with Crippen LogP contribution >= 0.6 is 23.4 Å². The zero-order chi connectivity index (χ0) is 14.5. The van der Waals surface area contributed by atoms with E-state index in [-0.39, 0.29) is 16.6 Å². The molecular formula is C13H15ClN2O3S. The van der Waals surface area contributed by atoms with Crippen LogP contribution in [0.3, 0.4) is 0 Å². The number of nitro benzene ring substituents is 1. The number of carbonyl (C=O) groups is 1. The quantitative estimate of drug-likeness (QED) is 0.661. The van der Waals surface area contributed by atoms with Gasteiger partial charge < -0.3 is 5.32 Å². The molecule has 1 N–H and O–H groups in total. The topological polar surface area (TPSA) is 72.2 Å². The standard InChI is InChI=1S/C13H15ClN2O3S/c14-11-7-9(16(18)19)5-6-12(11)15-13(17)8-20-10-3-1-2-4-10/h5-7,10H,1-4,8H2,(H,15,17). The van der Waals surface area contributed by atoms with Crippen molar-refractivity contribution in [3.63, 3.8) is 0 Å². The highest BCUT2D eigenvalue weighted by Gasteiger charge is 2.17. The Morgan fingerprint density at radius 2 is 2.15 bits per heavy atom. The number of hydrogen-bond acceptors (Lipinski definition) is 4. The van der Waals surface area contributed by atoms with Crippen LogP contribution in [-0.4, -0.2) is 21.8 Å². The van der Waals surface area contributed by atoms with E-state index in [9.17, 15) is 14.9 Å². The van der Waals surface area contributed by atoms with E-state index in [0.29, 0.717) is 16.7 Å². The number of rotatable bonds is 5. The van der Waals surface area contributed by atoms with Crippen molar-refractivity contribution in [2.75, 3.05) is 11.1 Å². The van der Waals surface area contributed by atoms with Crippen LogP contribution < -0.4 is 5.32 Å². The average Bonchev–Trinajstić information content (AvgIpc) is 2.91. The number of anilines is 1. The van der Waals surface area contributed by atoms with E-state index in [1.165, 1.54) is 43.9 Å². The summed E-state index contributed by atoms with van der Waals surface area (Å²) in [6.45, 7) is 0. The minimum Gasteiger partial charge on any atom is -0.324 e. The lowest BCUT2D eigenvalue weighted by Crippen LogP contribution is -2.16. The lowest BCUT2D eigenvalue weighted by Gasteiger charge is -2.10. The van der Waals surface area contributed by atoms with Crippen LogP contribution in [0, 0.1) is 10.1 Å². The van der Waals surface area contributed by atoms with Gasteiger partial charge in [-0.2, -0.15) is 0 Å². The van der Waals surface area contributed by atoms with E-state index < -0.39 is 4.92 Å². The molecule has 0 atom stereocenters. The van der Waals surface area contributed by atoms with Gasteiger partial charge in [-0.15, -0.1) is 11.8 Å². The fourth-order valence-electron chi connectivity index (χ4n) is 2.15. The number of thioether (sulfide) groups is 1. The van der Waals surface area contributed by atoms with Crippen molar-refractivity contribution in [2.45, 2.75) is 30.9 Å². The molecule has 0 aliphatic heterocycles. The summed E-state index contributed by atoms with van der Waals surface area (Å²) in [6, 6.07) is 4.02. The van der Waals surface area contributed by atoms with Crippen LogP contribution in [0.1, 0.15) is 25.7 Å². The molecule has 108 valence electrons. The third-order valence-corrected chi connectivity index (χ3v) is 4.87. The molecule has 7 heteroatoms. The first-order valence-electron chi connectivity index (χ1n) is 6.41. The van der Waals surface area contributed by atoms with Crippen molar-refractivity contribution in [3.8, 4) is 0 Å². The van der Waals surface area contributed by atoms with Gasteiger partial charge in [0.15, 0.2) is 0 Å². The van der Waals surface area contributed by atoms with E-state index >= 15 is 0 Å². The predicted molar refractivity (Wildman–Crippen MR) is 81.5 cm³/mol. The number of nitrogens with one attached hydrogen (secondary N) is 1. The lowest BCUT2D eigenvalue weighted by molar-refractivity contribution is -0.384. The van der Waals surface area contributed by atoms with Crippen LogP contribution in [0.5, 0.6) is 0 Å².